The van der Waals surface area contributed by atoms with Gasteiger partial charge in [0, 0.05) is 24.3 Å². The van der Waals surface area contributed by atoms with Gasteiger partial charge in [-0.3, -0.25) is 0 Å². The molecule has 1 aromatic carbocycles. The Labute approximate surface area is 132 Å². The summed E-state index contributed by atoms with van der Waals surface area (Å²) in [6.07, 6.45) is 6.84. The number of benzene rings is 1. The van der Waals surface area contributed by atoms with Gasteiger partial charge in [-0.25, -0.2) is 4.98 Å². The van der Waals surface area contributed by atoms with Gasteiger partial charge in [0.2, 0.25) is 0 Å². The lowest BCUT2D eigenvalue weighted by Gasteiger charge is -2.19. The first kappa shape index (κ1) is 14.9. The maximum Gasteiger partial charge on any atom is 0.174 e. The molecule has 4 nitrogen and oxygen atoms in total. The molecule has 0 radical (unpaired) electrons. The normalized spacial score (nSPS) is 20.8. The minimum absolute atomic E-state index is 0.595. The Kier molecular flexibility index (Phi) is 4.85. The molecule has 6 heteroatoms. The summed E-state index contributed by atoms with van der Waals surface area (Å²) < 4.78 is 14.6. The first-order valence-corrected chi connectivity index (χ1v) is 8.61. The van der Waals surface area contributed by atoms with Gasteiger partial charge in [0.1, 0.15) is 0 Å². The second-order valence-electron chi connectivity index (χ2n) is 5.34. The van der Waals surface area contributed by atoms with Crippen LogP contribution in [-0.2, 0) is 17.8 Å². The number of aryl methyl sites for hydroxylation is 1. The molecule has 0 spiro atoms. The first-order chi connectivity index (χ1) is 10.2. The molecule has 1 N–H and O–H groups in total. The zero-order valence-corrected chi connectivity index (χ0v) is 13.2. The zero-order valence-electron chi connectivity index (χ0n) is 11.7. The maximum absolute atomic E-state index is 12.5. The second-order valence-corrected chi connectivity index (χ2v) is 7.27. The summed E-state index contributed by atoms with van der Waals surface area (Å²) >= 11 is 4.79. The number of H-pyrrole nitrogens is 1. The van der Waals surface area contributed by atoms with Crippen LogP contribution in [0.3, 0.4) is 0 Å². The summed E-state index contributed by atoms with van der Waals surface area (Å²) in [7, 11) is 0. The molecule has 1 saturated heterocycles. The lowest BCUT2D eigenvalue weighted by atomic mass is 10.0. The van der Waals surface area contributed by atoms with Crippen molar-refractivity contribution in [3.8, 4) is 0 Å². The Balaban J connectivity index is 1.52. The standard InChI is InChI=1S/C15H18ClN3OS/c16-13-2-5-15(6-3-13)21(20)19-8-7-12(10-19)1-4-14-9-17-11-18-14/h2-3,5-6,9,11-12H,1,4,7-8,10H2,(H,17,18). The summed E-state index contributed by atoms with van der Waals surface area (Å²) in [6, 6.07) is 7.27. The Hall–Kier alpha value is -1.01. The number of hydrogen-bond donors (Lipinski definition) is 1. The van der Waals surface area contributed by atoms with Crippen LogP contribution in [-0.4, -0.2) is 31.9 Å². The number of imidazole rings is 1. The fraction of sp³-hybridized carbons (Fsp3) is 0.400. The Morgan fingerprint density at radius 3 is 2.90 bits per heavy atom. The van der Waals surface area contributed by atoms with Crippen molar-refractivity contribution in [1.29, 1.82) is 0 Å². The monoisotopic (exact) mass is 323 g/mol. The highest BCUT2D eigenvalue weighted by Gasteiger charge is 2.31. The third kappa shape index (κ3) is 3.80. The second kappa shape index (κ2) is 6.83. The van der Waals surface area contributed by atoms with Crippen LogP contribution in [0.25, 0.3) is 0 Å². The molecule has 21 heavy (non-hydrogen) atoms. The van der Waals surface area contributed by atoms with Gasteiger partial charge in [-0.15, -0.1) is 4.31 Å². The number of nitrogens with zero attached hydrogens (tertiary/aromatic N) is 2. The van der Waals surface area contributed by atoms with Gasteiger partial charge in [0.05, 0.1) is 23.4 Å². The summed E-state index contributed by atoms with van der Waals surface area (Å²) in [4.78, 5) is 8.05. The molecule has 1 aromatic heterocycles. The zero-order chi connectivity index (χ0) is 14.7. The molecule has 2 atom stereocenters. The highest BCUT2D eigenvalue weighted by atomic mass is 35.5. The number of aromatic nitrogens is 2. The predicted octanol–water partition coefficient (Wildman–Crippen LogP) is 3.04. The largest absolute Gasteiger partial charge is 0.593 e. The van der Waals surface area contributed by atoms with E-state index in [0.29, 0.717) is 10.9 Å². The molecule has 0 saturated carbocycles. The van der Waals surface area contributed by atoms with E-state index in [2.05, 4.69) is 14.3 Å². The number of rotatable bonds is 5. The molecule has 3 rings (SSSR count). The number of aromatic amines is 1. The van der Waals surface area contributed by atoms with Crippen LogP contribution < -0.4 is 0 Å². The van der Waals surface area contributed by atoms with Gasteiger partial charge < -0.3 is 9.54 Å². The quantitative estimate of drug-likeness (QED) is 0.860. The topological polar surface area (TPSA) is 55.0 Å². The van der Waals surface area contributed by atoms with Crippen molar-refractivity contribution < 1.29 is 4.55 Å². The van der Waals surface area contributed by atoms with Crippen LogP contribution >= 0.6 is 11.6 Å². The Bertz CT molecular complexity index is 561. The smallest absolute Gasteiger partial charge is 0.174 e. The van der Waals surface area contributed by atoms with Crippen molar-refractivity contribution in [3.05, 3.63) is 47.5 Å². The van der Waals surface area contributed by atoms with Crippen molar-refractivity contribution in [3.63, 3.8) is 0 Å². The molecule has 0 bridgehead atoms. The summed E-state index contributed by atoms with van der Waals surface area (Å²) in [6.45, 7) is 1.78. The lowest BCUT2D eigenvalue weighted by molar-refractivity contribution is 0.446. The first-order valence-electron chi connectivity index (χ1n) is 7.12. The van der Waals surface area contributed by atoms with E-state index < -0.39 is 11.4 Å². The molecule has 1 fully saturated rings. The summed E-state index contributed by atoms with van der Waals surface area (Å²) in [5, 5.41) is 0.675. The van der Waals surface area contributed by atoms with Crippen molar-refractivity contribution in [2.24, 2.45) is 5.92 Å². The summed E-state index contributed by atoms with van der Waals surface area (Å²) in [5.41, 5.74) is 1.10. The van der Waals surface area contributed by atoms with Crippen LogP contribution in [0.2, 0.25) is 5.02 Å². The highest BCUT2D eigenvalue weighted by molar-refractivity contribution is 7.89. The highest BCUT2D eigenvalue weighted by Crippen LogP contribution is 2.27. The third-order valence-electron chi connectivity index (χ3n) is 3.86. The van der Waals surface area contributed by atoms with Gasteiger partial charge in [0.25, 0.3) is 0 Å². The molecule has 2 heterocycles. The lowest BCUT2D eigenvalue weighted by Crippen LogP contribution is -2.28. The van der Waals surface area contributed by atoms with Crippen molar-refractivity contribution in [2.75, 3.05) is 13.1 Å². The molecule has 2 unspecified atom stereocenters. The van der Waals surface area contributed by atoms with E-state index in [0.717, 1.165) is 42.9 Å². The van der Waals surface area contributed by atoms with Crippen LogP contribution in [0.1, 0.15) is 18.5 Å². The molecule has 0 amide bonds. The van der Waals surface area contributed by atoms with E-state index in [1.807, 2.05) is 18.3 Å². The van der Waals surface area contributed by atoms with Gasteiger partial charge in [0.15, 0.2) is 4.90 Å². The van der Waals surface area contributed by atoms with E-state index in [9.17, 15) is 4.55 Å². The van der Waals surface area contributed by atoms with E-state index in [4.69, 9.17) is 11.6 Å². The van der Waals surface area contributed by atoms with E-state index in [1.54, 1.807) is 18.5 Å². The summed E-state index contributed by atoms with van der Waals surface area (Å²) in [5.74, 6) is 0.595. The molecule has 0 aliphatic carbocycles. The molecule has 1 aliphatic heterocycles. The van der Waals surface area contributed by atoms with Crippen LogP contribution in [0.4, 0.5) is 0 Å². The number of hydrogen-bond acceptors (Lipinski definition) is 3. The van der Waals surface area contributed by atoms with Crippen LogP contribution in [0, 0.1) is 5.92 Å². The molecule has 112 valence electrons. The minimum atomic E-state index is -1.08. The van der Waals surface area contributed by atoms with Gasteiger partial charge in [-0.05, 0) is 49.4 Å². The average Bonchev–Trinajstić information content (AvgIpc) is 3.17. The van der Waals surface area contributed by atoms with Crippen molar-refractivity contribution in [2.45, 2.75) is 24.2 Å². The van der Waals surface area contributed by atoms with Crippen LogP contribution in [0.5, 0.6) is 0 Å². The SMILES string of the molecule is [O-][S+](c1ccc(Cl)cc1)N1CCC(CCc2c[nH]cn2)C1. The van der Waals surface area contributed by atoms with Crippen LogP contribution in [0.15, 0.2) is 41.7 Å². The van der Waals surface area contributed by atoms with Gasteiger partial charge >= 0.3 is 0 Å². The average molecular weight is 324 g/mol. The Morgan fingerprint density at radius 1 is 1.38 bits per heavy atom. The van der Waals surface area contributed by atoms with E-state index in [-0.39, 0.29) is 0 Å². The number of halogens is 1. The fourth-order valence-electron chi connectivity index (χ4n) is 2.66. The predicted molar refractivity (Wildman–Crippen MR) is 84.4 cm³/mol. The maximum atomic E-state index is 12.5. The van der Waals surface area contributed by atoms with Gasteiger partial charge in [-0.2, -0.15) is 0 Å². The third-order valence-corrected chi connectivity index (χ3v) is 5.59. The Morgan fingerprint density at radius 2 is 2.19 bits per heavy atom. The van der Waals surface area contributed by atoms with E-state index >= 15 is 0 Å². The molecule has 2 aromatic rings. The van der Waals surface area contributed by atoms with Crippen molar-refractivity contribution in [1.82, 2.24) is 14.3 Å². The van der Waals surface area contributed by atoms with Crippen molar-refractivity contribution >= 4 is 23.0 Å². The van der Waals surface area contributed by atoms with Gasteiger partial charge in [-0.1, -0.05) is 11.6 Å². The molecular weight excluding hydrogens is 306 g/mol. The fourth-order valence-corrected chi connectivity index (χ4v) is 4.07. The molecule has 1 aliphatic rings. The number of nitrogens with one attached hydrogen (secondary N) is 1. The molecular formula is C15H18ClN3OS. The minimum Gasteiger partial charge on any atom is -0.593 e. The van der Waals surface area contributed by atoms with E-state index in [1.165, 1.54) is 0 Å².